The van der Waals surface area contributed by atoms with Gasteiger partial charge in [-0.25, -0.2) is 0 Å². The topological polar surface area (TPSA) is 21.3 Å². The van der Waals surface area contributed by atoms with E-state index in [0.29, 0.717) is 5.92 Å². The van der Waals surface area contributed by atoms with Crippen LogP contribution in [0.25, 0.3) is 0 Å². The quantitative estimate of drug-likeness (QED) is 0.723. The van der Waals surface area contributed by atoms with Gasteiger partial charge in [-0.2, -0.15) is 0 Å². The van der Waals surface area contributed by atoms with Crippen LogP contribution in [0.5, 0.6) is 0 Å². The Balaban J connectivity index is 2.27. The number of hydrogen-bond donors (Lipinski definition) is 1. The van der Waals surface area contributed by atoms with Gasteiger partial charge in [0.2, 0.25) is 0 Å². The molecule has 0 radical (unpaired) electrons. The summed E-state index contributed by atoms with van der Waals surface area (Å²) in [4.78, 5) is 0. The van der Waals surface area contributed by atoms with Crippen molar-refractivity contribution in [2.75, 3.05) is 13.2 Å². The number of hydrogen-bond acceptors (Lipinski definition) is 2. The van der Waals surface area contributed by atoms with E-state index in [0.717, 1.165) is 30.3 Å². The van der Waals surface area contributed by atoms with Gasteiger partial charge in [0.15, 0.2) is 0 Å². The molecule has 1 N–H and O–H groups in total. The Kier molecular flexibility index (Phi) is 2.84. The van der Waals surface area contributed by atoms with E-state index in [1.165, 1.54) is 5.57 Å². The number of rotatable bonds is 1. The maximum absolute atomic E-state index is 6.32. The monoisotopic (exact) mass is 213 g/mol. The minimum atomic E-state index is 0.166. The van der Waals surface area contributed by atoms with Crippen LogP contribution < -0.4 is 5.32 Å². The Bertz CT molecular complexity index is 294. The molecule has 2 rings (SSSR count). The zero-order chi connectivity index (χ0) is 10.1. The van der Waals surface area contributed by atoms with E-state index in [4.69, 9.17) is 16.3 Å². The van der Waals surface area contributed by atoms with Gasteiger partial charge in [0.25, 0.3) is 0 Å². The van der Waals surface area contributed by atoms with Gasteiger partial charge in [0.05, 0.1) is 17.3 Å². The van der Waals surface area contributed by atoms with Crippen molar-refractivity contribution >= 4 is 11.6 Å². The van der Waals surface area contributed by atoms with E-state index >= 15 is 0 Å². The van der Waals surface area contributed by atoms with Crippen molar-refractivity contribution in [2.45, 2.75) is 26.4 Å². The van der Waals surface area contributed by atoms with Gasteiger partial charge >= 0.3 is 0 Å². The van der Waals surface area contributed by atoms with Crippen molar-refractivity contribution in [1.82, 2.24) is 5.32 Å². The third kappa shape index (κ3) is 1.69. The summed E-state index contributed by atoms with van der Waals surface area (Å²) in [5.74, 6) is 0.486. The Hall–Kier alpha value is -0.470. The molecule has 0 bridgehead atoms. The summed E-state index contributed by atoms with van der Waals surface area (Å²) >= 11 is 6.32. The average Bonchev–Trinajstić information content (AvgIpc) is 2.18. The molecule has 14 heavy (non-hydrogen) atoms. The van der Waals surface area contributed by atoms with Crippen LogP contribution in [0, 0.1) is 5.92 Å². The van der Waals surface area contributed by atoms with E-state index in [1.54, 1.807) is 0 Å². The summed E-state index contributed by atoms with van der Waals surface area (Å²) in [5, 5.41) is 4.21. The number of ether oxygens (including phenoxy) is 1. The third-order valence-electron chi connectivity index (χ3n) is 2.72. The lowest BCUT2D eigenvalue weighted by molar-refractivity contribution is 0.0540. The van der Waals surface area contributed by atoms with Gasteiger partial charge in [0, 0.05) is 6.54 Å². The molecular weight excluding hydrogens is 198 g/mol. The highest BCUT2D eigenvalue weighted by Crippen LogP contribution is 2.33. The summed E-state index contributed by atoms with van der Waals surface area (Å²) in [6, 6.07) is 0. The second-order valence-corrected chi connectivity index (χ2v) is 4.44. The van der Waals surface area contributed by atoms with Crippen molar-refractivity contribution in [3.63, 3.8) is 0 Å². The predicted octanol–water partition coefficient (Wildman–Crippen LogP) is 2.41. The van der Waals surface area contributed by atoms with Crippen LogP contribution >= 0.6 is 11.6 Å². The lowest BCUT2D eigenvalue weighted by Gasteiger charge is -2.32. The van der Waals surface area contributed by atoms with Crippen LogP contribution in [-0.4, -0.2) is 19.3 Å². The predicted molar refractivity (Wildman–Crippen MR) is 58.2 cm³/mol. The van der Waals surface area contributed by atoms with E-state index in [2.05, 4.69) is 25.2 Å². The molecule has 1 aliphatic heterocycles. The minimum Gasteiger partial charge on any atom is -0.383 e. The van der Waals surface area contributed by atoms with Crippen LogP contribution in [-0.2, 0) is 4.74 Å². The number of fused-ring (bicyclic) bond motifs is 1. The molecule has 0 aromatic rings. The number of morpholine rings is 1. The Morgan fingerprint density at radius 2 is 2.36 bits per heavy atom. The van der Waals surface area contributed by atoms with E-state index in [-0.39, 0.29) is 6.10 Å². The van der Waals surface area contributed by atoms with E-state index < -0.39 is 0 Å². The van der Waals surface area contributed by atoms with E-state index in [1.807, 2.05) is 0 Å². The molecule has 78 valence electrons. The highest BCUT2D eigenvalue weighted by molar-refractivity contribution is 6.32. The van der Waals surface area contributed by atoms with E-state index in [9.17, 15) is 0 Å². The first-order chi connectivity index (χ1) is 6.70. The fourth-order valence-corrected chi connectivity index (χ4v) is 2.44. The first-order valence-electron chi connectivity index (χ1n) is 5.15. The van der Waals surface area contributed by atoms with Crippen LogP contribution in [0.4, 0.5) is 0 Å². The molecule has 2 nitrogen and oxygen atoms in total. The van der Waals surface area contributed by atoms with Gasteiger partial charge in [-0.15, -0.1) is 0 Å². The second-order valence-electron chi connectivity index (χ2n) is 4.06. The van der Waals surface area contributed by atoms with Crippen molar-refractivity contribution in [3.05, 3.63) is 22.4 Å². The minimum absolute atomic E-state index is 0.166. The summed E-state index contributed by atoms with van der Waals surface area (Å²) in [5.41, 5.74) is 2.33. The first kappa shape index (κ1) is 10.1. The Morgan fingerprint density at radius 3 is 3.07 bits per heavy atom. The fourth-order valence-electron chi connectivity index (χ4n) is 1.96. The number of halogens is 1. The largest absolute Gasteiger partial charge is 0.383 e. The van der Waals surface area contributed by atoms with Crippen LogP contribution in [0.15, 0.2) is 22.4 Å². The van der Waals surface area contributed by atoms with Crippen LogP contribution in [0.1, 0.15) is 20.3 Å². The van der Waals surface area contributed by atoms with Gasteiger partial charge in [-0.3, -0.25) is 0 Å². The third-order valence-corrected chi connectivity index (χ3v) is 3.14. The van der Waals surface area contributed by atoms with Crippen molar-refractivity contribution in [2.24, 2.45) is 5.92 Å². The van der Waals surface area contributed by atoms with Gasteiger partial charge in [-0.05, 0) is 17.9 Å². The Labute approximate surface area is 90.0 Å². The molecule has 0 aromatic carbocycles. The second kappa shape index (κ2) is 3.95. The zero-order valence-electron chi connectivity index (χ0n) is 8.64. The zero-order valence-corrected chi connectivity index (χ0v) is 9.40. The standard InChI is InChI=1S/C11H16ClNO/c1-7(2)8-3-4-9-11(10(8)12)13-5-6-14-9/h3,7,9,13H,4-6H2,1-2H3. The summed E-state index contributed by atoms with van der Waals surface area (Å²) in [6.45, 7) is 5.98. The lowest BCUT2D eigenvalue weighted by Crippen LogP contribution is -2.38. The molecule has 0 saturated carbocycles. The molecule has 3 heteroatoms. The molecule has 0 spiro atoms. The maximum Gasteiger partial charge on any atom is 0.102 e. The first-order valence-corrected chi connectivity index (χ1v) is 5.53. The molecular formula is C11H16ClNO. The SMILES string of the molecule is CC(C)C1=CCC2OCCNC2=C1Cl. The average molecular weight is 214 g/mol. The maximum atomic E-state index is 6.32. The van der Waals surface area contributed by atoms with Gasteiger partial charge < -0.3 is 10.1 Å². The normalized spacial score (nSPS) is 27.1. The smallest absolute Gasteiger partial charge is 0.102 e. The van der Waals surface area contributed by atoms with Crippen LogP contribution in [0.2, 0.25) is 0 Å². The number of nitrogens with one attached hydrogen (secondary N) is 1. The molecule has 1 fully saturated rings. The molecule has 1 heterocycles. The molecule has 1 unspecified atom stereocenters. The summed E-state index contributed by atoms with van der Waals surface area (Å²) < 4.78 is 5.63. The van der Waals surface area contributed by atoms with Crippen molar-refractivity contribution < 1.29 is 4.74 Å². The van der Waals surface area contributed by atoms with Crippen molar-refractivity contribution in [3.8, 4) is 0 Å². The van der Waals surface area contributed by atoms with Crippen LogP contribution in [0.3, 0.4) is 0 Å². The molecule has 1 saturated heterocycles. The summed E-state index contributed by atoms with van der Waals surface area (Å²) in [7, 11) is 0. The molecule has 2 aliphatic rings. The summed E-state index contributed by atoms with van der Waals surface area (Å²) in [6.07, 6.45) is 3.32. The molecule has 0 aromatic heterocycles. The Morgan fingerprint density at radius 1 is 1.57 bits per heavy atom. The molecule has 0 amide bonds. The highest BCUT2D eigenvalue weighted by atomic mass is 35.5. The lowest BCUT2D eigenvalue weighted by atomic mass is 9.93. The molecule has 1 atom stereocenters. The van der Waals surface area contributed by atoms with Gasteiger partial charge in [-0.1, -0.05) is 31.5 Å². The van der Waals surface area contributed by atoms with Gasteiger partial charge in [0.1, 0.15) is 6.10 Å². The number of allylic oxidation sites excluding steroid dienone is 2. The highest BCUT2D eigenvalue weighted by Gasteiger charge is 2.27. The molecule has 1 aliphatic carbocycles. The fraction of sp³-hybridized carbons (Fsp3) is 0.636. The van der Waals surface area contributed by atoms with Crippen molar-refractivity contribution in [1.29, 1.82) is 0 Å².